The second-order valence-electron chi connectivity index (χ2n) is 5.78. The summed E-state index contributed by atoms with van der Waals surface area (Å²) < 4.78 is 34.1. The third-order valence-corrected chi connectivity index (χ3v) is 6.45. The van der Waals surface area contributed by atoms with E-state index in [0.717, 1.165) is 18.7 Å². The van der Waals surface area contributed by atoms with Crippen molar-refractivity contribution in [1.82, 2.24) is 13.6 Å². The molecule has 1 N–H and O–H groups in total. The minimum atomic E-state index is -3.38. The van der Waals surface area contributed by atoms with Crippen LogP contribution >= 0.6 is 0 Å². The van der Waals surface area contributed by atoms with Crippen molar-refractivity contribution in [1.29, 1.82) is 0 Å². The first-order valence-electron chi connectivity index (χ1n) is 8.50. The monoisotopic (exact) mass is 356 g/mol. The van der Waals surface area contributed by atoms with Gasteiger partial charge in [-0.2, -0.15) is 17.0 Å². The van der Waals surface area contributed by atoms with Gasteiger partial charge < -0.3 is 10.1 Å². The summed E-state index contributed by atoms with van der Waals surface area (Å²) in [7, 11) is -1.54. The Balaban J connectivity index is 1.95. The van der Waals surface area contributed by atoms with Crippen LogP contribution in [0.1, 0.15) is 25.8 Å². The van der Waals surface area contributed by atoms with Crippen molar-refractivity contribution in [3.05, 3.63) is 23.9 Å². The van der Waals surface area contributed by atoms with Gasteiger partial charge in [0.1, 0.15) is 5.82 Å². The Morgan fingerprint density at radius 1 is 1.42 bits per heavy atom. The number of hydrogen-bond acceptors (Lipinski definition) is 5. The molecule has 136 valence electrons. The first-order chi connectivity index (χ1) is 11.5. The molecule has 1 aliphatic heterocycles. The lowest BCUT2D eigenvalue weighted by atomic mass is 10.1. The molecule has 24 heavy (non-hydrogen) atoms. The van der Waals surface area contributed by atoms with E-state index in [1.807, 2.05) is 33.0 Å². The van der Waals surface area contributed by atoms with Gasteiger partial charge in [-0.25, -0.2) is 4.98 Å². The Morgan fingerprint density at radius 2 is 2.17 bits per heavy atom. The Hall–Kier alpha value is -1.22. The highest BCUT2D eigenvalue weighted by molar-refractivity contribution is 7.86. The van der Waals surface area contributed by atoms with E-state index in [9.17, 15) is 8.42 Å². The predicted octanol–water partition coefficient (Wildman–Crippen LogP) is 1.34. The molecule has 0 spiro atoms. The Kier molecular flexibility index (Phi) is 6.97. The molecular weight excluding hydrogens is 328 g/mol. The summed E-state index contributed by atoms with van der Waals surface area (Å²) in [5.74, 6) is 0.836. The fraction of sp³-hybridized carbons (Fsp3) is 0.688. The van der Waals surface area contributed by atoms with Crippen LogP contribution < -0.4 is 5.32 Å². The second-order valence-corrected chi connectivity index (χ2v) is 7.71. The van der Waals surface area contributed by atoms with Crippen molar-refractivity contribution in [2.24, 2.45) is 0 Å². The summed E-state index contributed by atoms with van der Waals surface area (Å²) in [6.45, 7) is 6.00. The molecule has 1 aromatic heterocycles. The normalized spacial score (nSPS) is 19.6. The highest BCUT2D eigenvalue weighted by Crippen LogP contribution is 2.18. The van der Waals surface area contributed by atoms with Gasteiger partial charge in [-0.3, -0.25) is 0 Å². The Morgan fingerprint density at radius 3 is 2.83 bits per heavy atom. The number of pyridine rings is 1. The van der Waals surface area contributed by atoms with Gasteiger partial charge in [-0.1, -0.05) is 13.8 Å². The van der Waals surface area contributed by atoms with E-state index in [0.29, 0.717) is 32.8 Å². The number of nitrogens with one attached hydrogen (secondary N) is 1. The maximum absolute atomic E-state index is 12.6. The van der Waals surface area contributed by atoms with Gasteiger partial charge in [-0.15, -0.1) is 0 Å². The van der Waals surface area contributed by atoms with Crippen molar-refractivity contribution in [2.75, 3.05) is 45.2 Å². The molecule has 1 aromatic rings. The van der Waals surface area contributed by atoms with Gasteiger partial charge >= 0.3 is 0 Å². The predicted molar refractivity (Wildman–Crippen MR) is 95.3 cm³/mol. The molecule has 0 aromatic carbocycles. The molecule has 2 rings (SSSR count). The highest BCUT2D eigenvalue weighted by Gasteiger charge is 2.32. The molecule has 0 saturated carbocycles. The zero-order valence-corrected chi connectivity index (χ0v) is 15.6. The average Bonchev–Trinajstić information content (AvgIpc) is 2.61. The van der Waals surface area contributed by atoms with Crippen LogP contribution in [-0.2, 0) is 21.4 Å². The lowest BCUT2D eigenvalue weighted by Crippen LogP contribution is -2.51. The SMILES string of the molecule is CCN(CC)S(=O)(=O)N1CCO[C@H](CCc2ccnc(NC)c2)C1. The van der Waals surface area contributed by atoms with Crippen molar-refractivity contribution in [2.45, 2.75) is 32.8 Å². The number of aryl methyl sites for hydroxylation is 1. The van der Waals surface area contributed by atoms with E-state index < -0.39 is 10.2 Å². The molecule has 1 atom stereocenters. The van der Waals surface area contributed by atoms with E-state index in [1.165, 1.54) is 9.87 Å². The second kappa shape index (κ2) is 8.75. The van der Waals surface area contributed by atoms with Crippen LogP contribution in [0.4, 0.5) is 5.82 Å². The minimum absolute atomic E-state index is 0.0738. The molecule has 0 unspecified atom stereocenters. The fourth-order valence-corrected chi connectivity index (χ4v) is 4.52. The fourth-order valence-electron chi connectivity index (χ4n) is 2.88. The van der Waals surface area contributed by atoms with Crippen LogP contribution in [0.25, 0.3) is 0 Å². The lowest BCUT2D eigenvalue weighted by Gasteiger charge is -2.35. The van der Waals surface area contributed by atoms with Crippen LogP contribution in [0.3, 0.4) is 0 Å². The van der Waals surface area contributed by atoms with Gasteiger partial charge in [-0.05, 0) is 30.5 Å². The van der Waals surface area contributed by atoms with E-state index in [1.54, 1.807) is 10.5 Å². The molecule has 0 bridgehead atoms. The summed E-state index contributed by atoms with van der Waals surface area (Å²) in [5.41, 5.74) is 1.17. The smallest absolute Gasteiger partial charge is 0.282 e. The maximum atomic E-state index is 12.6. The zero-order chi connectivity index (χ0) is 17.6. The van der Waals surface area contributed by atoms with E-state index in [4.69, 9.17) is 4.74 Å². The third-order valence-electron chi connectivity index (χ3n) is 4.29. The van der Waals surface area contributed by atoms with Gasteiger partial charge in [0.05, 0.1) is 12.7 Å². The molecule has 1 fully saturated rings. The van der Waals surface area contributed by atoms with E-state index in [2.05, 4.69) is 10.3 Å². The Labute approximate surface area is 145 Å². The summed E-state index contributed by atoms with van der Waals surface area (Å²) >= 11 is 0. The number of morpholine rings is 1. The Bertz CT molecular complexity index is 620. The molecule has 0 amide bonds. The lowest BCUT2D eigenvalue weighted by molar-refractivity contribution is -0.00686. The minimum Gasteiger partial charge on any atom is -0.375 e. The molecule has 0 radical (unpaired) electrons. The quantitative estimate of drug-likeness (QED) is 0.761. The van der Waals surface area contributed by atoms with Crippen LogP contribution in [0.5, 0.6) is 0 Å². The highest BCUT2D eigenvalue weighted by atomic mass is 32.2. The largest absolute Gasteiger partial charge is 0.375 e. The number of hydrogen-bond donors (Lipinski definition) is 1. The maximum Gasteiger partial charge on any atom is 0.282 e. The van der Waals surface area contributed by atoms with Crippen LogP contribution in [-0.4, -0.2) is 67.9 Å². The summed E-state index contributed by atoms with van der Waals surface area (Å²) in [4.78, 5) is 4.20. The van der Waals surface area contributed by atoms with Crippen molar-refractivity contribution in [3.63, 3.8) is 0 Å². The first-order valence-corrected chi connectivity index (χ1v) is 9.90. The number of rotatable bonds is 8. The molecule has 0 aliphatic carbocycles. The van der Waals surface area contributed by atoms with Crippen LogP contribution in [0.2, 0.25) is 0 Å². The average molecular weight is 356 g/mol. The molecule has 7 nitrogen and oxygen atoms in total. The molecule has 2 heterocycles. The number of anilines is 1. The summed E-state index contributed by atoms with van der Waals surface area (Å²) in [6.07, 6.45) is 3.33. The van der Waals surface area contributed by atoms with Gasteiger partial charge in [0, 0.05) is 39.4 Å². The van der Waals surface area contributed by atoms with E-state index in [-0.39, 0.29) is 6.10 Å². The van der Waals surface area contributed by atoms with Crippen molar-refractivity contribution >= 4 is 16.0 Å². The zero-order valence-electron chi connectivity index (χ0n) is 14.7. The standard InChI is InChI=1S/C16H28N4O3S/c1-4-19(5-2)24(21,22)20-10-11-23-15(13-20)7-6-14-8-9-18-16(12-14)17-3/h8-9,12,15H,4-7,10-11,13H2,1-3H3,(H,17,18)/t15-/m1/s1. The number of aromatic nitrogens is 1. The van der Waals surface area contributed by atoms with E-state index >= 15 is 0 Å². The number of nitrogens with zero attached hydrogens (tertiary/aromatic N) is 3. The van der Waals surface area contributed by atoms with Crippen LogP contribution in [0, 0.1) is 0 Å². The van der Waals surface area contributed by atoms with Crippen LogP contribution in [0.15, 0.2) is 18.3 Å². The third kappa shape index (κ3) is 4.66. The molecular formula is C16H28N4O3S. The number of ether oxygens (including phenoxy) is 1. The van der Waals surface area contributed by atoms with Crippen molar-refractivity contribution in [3.8, 4) is 0 Å². The van der Waals surface area contributed by atoms with Crippen molar-refractivity contribution < 1.29 is 13.2 Å². The van der Waals surface area contributed by atoms with Gasteiger partial charge in [0.25, 0.3) is 10.2 Å². The summed E-state index contributed by atoms with van der Waals surface area (Å²) in [5, 5.41) is 3.02. The first kappa shape index (κ1) is 19.1. The summed E-state index contributed by atoms with van der Waals surface area (Å²) in [6, 6.07) is 3.99. The molecule has 1 saturated heterocycles. The van der Waals surface area contributed by atoms with Gasteiger partial charge in [0.2, 0.25) is 0 Å². The topological polar surface area (TPSA) is 74.8 Å². The molecule has 1 aliphatic rings. The molecule has 8 heteroatoms. The van der Waals surface area contributed by atoms with Gasteiger partial charge in [0.15, 0.2) is 0 Å².